The van der Waals surface area contributed by atoms with Crippen LogP contribution in [0.25, 0.3) is 11.2 Å². The SMILES string of the molecule is CC.O=c1[n-]c2ncccc2o1.[CH3-].[Y]. The molecule has 0 saturated heterocycles. The molecule has 0 unspecified atom stereocenters. The van der Waals surface area contributed by atoms with Crippen molar-refractivity contribution in [3.63, 3.8) is 0 Å². The van der Waals surface area contributed by atoms with Crippen LogP contribution in [0.2, 0.25) is 0 Å². The van der Waals surface area contributed by atoms with Crippen molar-refractivity contribution in [3.8, 4) is 0 Å². The summed E-state index contributed by atoms with van der Waals surface area (Å²) in [5, 5.41) is 0. The van der Waals surface area contributed by atoms with Gasteiger partial charge in [0.05, 0.1) is 0 Å². The van der Waals surface area contributed by atoms with E-state index in [0.717, 1.165) is 0 Å². The van der Waals surface area contributed by atoms with Gasteiger partial charge in [-0.15, -0.1) is 0 Å². The smallest absolute Gasteiger partial charge is 0.335 e. The van der Waals surface area contributed by atoms with Crippen LogP contribution in [0.15, 0.2) is 27.5 Å². The predicted molar refractivity (Wildman–Crippen MR) is 51.4 cm³/mol. The Morgan fingerprint density at radius 3 is 2.64 bits per heavy atom. The van der Waals surface area contributed by atoms with E-state index in [-0.39, 0.29) is 40.1 Å². The molecule has 1 radical (unpaired) electrons. The topological polar surface area (TPSA) is 57.2 Å². The van der Waals surface area contributed by atoms with Gasteiger partial charge in [0.1, 0.15) is 5.58 Å². The van der Waals surface area contributed by atoms with Gasteiger partial charge in [-0.25, -0.2) is 0 Å². The standard InChI is InChI=1S/C6H4N2O2.C2H6.CH3.Y/c9-6-8-5-4(10-6)2-1-3-7-5;1-2;;/h1-3H,(H,7,8,9);1-2H3;1H3;/q;;-1;/p-1. The van der Waals surface area contributed by atoms with Crippen LogP contribution in [-0.4, -0.2) is 4.98 Å². The first-order valence-electron chi connectivity index (χ1n) is 3.75. The van der Waals surface area contributed by atoms with Crippen molar-refractivity contribution in [2.75, 3.05) is 0 Å². The normalized spacial score (nSPS) is 7.86. The second-order valence-corrected chi connectivity index (χ2v) is 1.80. The number of pyridine rings is 1. The zero-order valence-electron chi connectivity index (χ0n) is 8.52. The van der Waals surface area contributed by atoms with Crippen LogP contribution < -0.4 is 10.7 Å². The molecular formula is C9H12N2O2Y-2. The van der Waals surface area contributed by atoms with E-state index in [1.807, 2.05) is 13.8 Å². The summed E-state index contributed by atoms with van der Waals surface area (Å²) in [7, 11) is 0. The quantitative estimate of drug-likeness (QED) is 0.682. The summed E-state index contributed by atoms with van der Waals surface area (Å²) in [5.41, 5.74) is 0.806. The third-order valence-corrected chi connectivity index (χ3v) is 1.15. The summed E-state index contributed by atoms with van der Waals surface area (Å²) in [4.78, 5) is 17.7. The van der Waals surface area contributed by atoms with Gasteiger partial charge in [0, 0.05) is 32.7 Å². The average molecular weight is 269 g/mol. The number of fused-ring (bicyclic) bond motifs is 1. The van der Waals surface area contributed by atoms with E-state index >= 15 is 0 Å². The molecule has 2 aromatic heterocycles. The van der Waals surface area contributed by atoms with Crippen LogP contribution in [0.1, 0.15) is 13.8 Å². The van der Waals surface area contributed by atoms with Crippen LogP contribution >= 0.6 is 0 Å². The minimum atomic E-state index is -0.589. The molecule has 0 aliphatic carbocycles. The Bertz CT molecular complexity index is 372. The van der Waals surface area contributed by atoms with Crippen LogP contribution in [0, 0.1) is 7.43 Å². The molecule has 5 heteroatoms. The predicted octanol–water partition coefficient (Wildman–Crippen LogP) is 1.62. The number of rotatable bonds is 0. The van der Waals surface area contributed by atoms with E-state index in [0.29, 0.717) is 11.2 Å². The summed E-state index contributed by atoms with van der Waals surface area (Å²) in [6.45, 7) is 4.00. The molecule has 2 aromatic rings. The molecule has 0 N–H and O–H groups in total. The third-order valence-electron chi connectivity index (χ3n) is 1.15. The summed E-state index contributed by atoms with van der Waals surface area (Å²) in [5.74, 6) is -0.589. The molecule has 2 heterocycles. The second-order valence-electron chi connectivity index (χ2n) is 1.80. The van der Waals surface area contributed by atoms with Gasteiger partial charge in [-0.05, 0) is 11.7 Å². The van der Waals surface area contributed by atoms with Crippen molar-refractivity contribution in [3.05, 3.63) is 36.3 Å². The Hall–Kier alpha value is -0.476. The minimum absolute atomic E-state index is 0. The van der Waals surface area contributed by atoms with Gasteiger partial charge >= 0.3 is 5.76 Å². The summed E-state index contributed by atoms with van der Waals surface area (Å²) in [6.07, 6.45) is 1.56. The molecule has 0 fully saturated rings. The van der Waals surface area contributed by atoms with E-state index in [4.69, 9.17) is 0 Å². The first kappa shape index (κ1) is 16.0. The molecule has 0 aliphatic heterocycles. The third kappa shape index (κ3) is 3.72. The Kier molecular flexibility index (Phi) is 9.00. The number of nitrogens with zero attached hydrogens (tertiary/aromatic N) is 2. The molecule has 0 saturated carbocycles. The molecule has 0 bridgehead atoms. The van der Waals surface area contributed by atoms with Crippen molar-refractivity contribution in [1.82, 2.24) is 9.97 Å². The molecule has 4 nitrogen and oxygen atoms in total. The molecule has 0 atom stereocenters. The van der Waals surface area contributed by atoms with Gasteiger partial charge in [0.25, 0.3) is 0 Å². The average Bonchev–Trinajstić information content (AvgIpc) is 2.48. The first-order valence-corrected chi connectivity index (χ1v) is 3.75. The maximum Gasteiger partial charge on any atom is 0.335 e. The van der Waals surface area contributed by atoms with Crippen molar-refractivity contribution < 1.29 is 37.1 Å². The molecule has 0 spiro atoms. The molecule has 14 heavy (non-hydrogen) atoms. The maximum absolute atomic E-state index is 10.5. The van der Waals surface area contributed by atoms with Crippen LogP contribution in [0.5, 0.6) is 0 Å². The summed E-state index contributed by atoms with van der Waals surface area (Å²) in [6, 6.07) is 3.34. The van der Waals surface area contributed by atoms with Gasteiger partial charge in [-0.1, -0.05) is 26.1 Å². The number of hydrogen-bond donors (Lipinski definition) is 0. The molecule has 0 aromatic carbocycles. The zero-order valence-corrected chi connectivity index (χ0v) is 11.4. The fraction of sp³-hybridized carbons (Fsp3) is 0.222. The fourth-order valence-corrected chi connectivity index (χ4v) is 0.749. The van der Waals surface area contributed by atoms with Gasteiger partial charge in [-0.2, -0.15) is 0 Å². The van der Waals surface area contributed by atoms with E-state index in [9.17, 15) is 4.79 Å². The first-order chi connectivity index (χ1) is 5.86. The van der Waals surface area contributed by atoms with E-state index in [2.05, 4.69) is 14.4 Å². The molecule has 75 valence electrons. The fourth-order valence-electron chi connectivity index (χ4n) is 0.749. The van der Waals surface area contributed by atoms with Gasteiger partial charge < -0.3 is 21.8 Å². The Morgan fingerprint density at radius 1 is 1.43 bits per heavy atom. The van der Waals surface area contributed by atoms with E-state index in [1.165, 1.54) is 0 Å². The van der Waals surface area contributed by atoms with E-state index in [1.54, 1.807) is 18.3 Å². The van der Waals surface area contributed by atoms with Gasteiger partial charge in [-0.3, -0.25) is 4.79 Å². The Labute approximate surface area is 108 Å². The van der Waals surface area contributed by atoms with Gasteiger partial charge in [0.15, 0.2) is 0 Å². The zero-order chi connectivity index (χ0) is 8.97. The Balaban J connectivity index is 0. The Morgan fingerprint density at radius 2 is 2.07 bits per heavy atom. The molecule has 2 rings (SSSR count). The largest absolute Gasteiger partial charge is 0.439 e. The number of oxazole rings is 1. The molecular weight excluding hydrogens is 257 g/mol. The van der Waals surface area contributed by atoms with Gasteiger partial charge in [0.2, 0.25) is 0 Å². The number of hydrogen-bond acceptors (Lipinski definition) is 3. The minimum Gasteiger partial charge on any atom is -0.439 e. The van der Waals surface area contributed by atoms with Crippen molar-refractivity contribution >= 4 is 11.2 Å². The summed E-state index contributed by atoms with van der Waals surface area (Å²) >= 11 is 0. The molecule has 0 amide bonds. The molecule has 0 aliphatic rings. The van der Waals surface area contributed by atoms with Crippen molar-refractivity contribution in [2.24, 2.45) is 0 Å². The maximum atomic E-state index is 10.5. The number of aromatic nitrogens is 2. The van der Waals surface area contributed by atoms with E-state index < -0.39 is 5.76 Å². The monoisotopic (exact) mass is 269 g/mol. The second kappa shape index (κ2) is 7.88. The van der Waals surface area contributed by atoms with Crippen LogP contribution in [-0.2, 0) is 32.7 Å². The van der Waals surface area contributed by atoms with Crippen LogP contribution in [0.3, 0.4) is 0 Å². The van der Waals surface area contributed by atoms with Crippen LogP contribution in [0.4, 0.5) is 0 Å². The summed E-state index contributed by atoms with van der Waals surface area (Å²) < 4.78 is 4.64. The van der Waals surface area contributed by atoms with Crippen molar-refractivity contribution in [2.45, 2.75) is 13.8 Å². The van der Waals surface area contributed by atoms with Crippen molar-refractivity contribution in [1.29, 1.82) is 0 Å².